The molecule has 0 radical (unpaired) electrons. The maximum Gasteiger partial charge on any atom is 0.416 e. The van der Waals surface area contributed by atoms with Gasteiger partial charge in [-0.25, -0.2) is 4.99 Å². The first-order valence-electron chi connectivity index (χ1n) is 7.58. The number of amidine groups is 1. The Kier molecular flexibility index (Phi) is 6.21. The number of ether oxygens (including phenoxy) is 1. The Hall–Kier alpha value is -2.77. The van der Waals surface area contributed by atoms with E-state index >= 15 is 0 Å². The fourth-order valence-corrected chi connectivity index (χ4v) is 1.85. The summed E-state index contributed by atoms with van der Waals surface area (Å²) in [7, 11) is 0. The summed E-state index contributed by atoms with van der Waals surface area (Å²) in [5.74, 6) is -0.0237. The van der Waals surface area contributed by atoms with Gasteiger partial charge in [0.2, 0.25) is 0 Å². The van der Waals surface area contributed by atoms with Crippen molar-refractivity contribution in [1.82, 2.24) is 5.32 Å². The van der Waals surface area contributed by atoms with Gasteiger partial charge in [-0.1, -0.05) is 6.92 Å². The van der Waals surface area contributed by atoms with Crippen molar-refractivity contribution in [2.75, 3.05) is 6.61 Å². The fraction of sp³-hybridized carbons (Fsp3) is 0.294. The highest BCUT2D eigenvalue weighted by atomic mass is 19.4. The van der Waals surface area contributed by atoms with Crippen molar-refractivity contribution in [1.29, 1.82) is 0 Å². The third-order valence-corrected chi connectivity index (χ3v) is 3.10. The minimum atomic E-state index is -4.45. The Balaban J connectivity index is 2.06. The van der Waals surface area contributed by atoms with Crippen molar-refractivity contribution in [3.05, 3.63) is 59.5 Å². The molecule has 2 aromatic rings. The Labute approximate surface area is 142 Å². The molecule has 0 saturated heterocycles. The summed E-state index contributed by atoms with van der Waals surface area (Å²) in [6.07, 6.45) is -2.25. The summed E-state index contributed by atoms with van der Waals surface area (Å²) in [4.78, 5) is 16.3. The largest absolute Gasteiger partial charge is 0.467 e. The number of carbonyl (C=O) groups excluding carboxylic acids is 1. The second-order valence-corrected chi connectivity index (χ2v) is 5.08. The van der Waals surface area contributed by atoms with Crippen LogP contribution >= 0.6 is 0 Å². The number of furan rings is 1. The Morgan fingerprint density at radius 2 is 1.96 bits per heavy atom. The second-order valence-electron chi connectivity index (χ2n) is 5.08. The van der Waals surface area contributed by atoms with Gasteiger partial charge in [-0.15, -0.1) is 0 Å². The van der Waals surface area contributed by atoms with Gasteiger partial charge < -0.3 is 9.15 Å². The molecule has 1 aromatic carbocycles. The molecule has 0 aliphatic carbocycles. The third-order valence-electron chi connectivity index (χ3n) is 3.10. The summed E-state index contributed by atoms with van der Waals surface area (Å²) in [6, 6.07) is 7.31. The molecule has 134 valence electrons. The van der Waals surface area contributed by atoms with Crippen molar-refractivity contribution in [2.45, 2.75) is 26.1 Å². The molecular formula is C17H17F3N2O3. The highest BCUT2D eigenvalue weighted by Gasteiger charge is 2.30. The predicted octanol–water partition coefficient (Wildman–Crippen LogP) is 4.01. The van der Waals surface area contributed by atoms with Crippen LogP contribution in [0.1, 0.15) is 35.0 Å². The number of rotatable bonds is 5. The van der Waals surface area contributed by atoms with E-state index in [0.717, 1.165) is 24.3 Å². The first-order chi connectivity index (χ1) is 11.9. The SMILES string of the molecule is CCCOC(=NCc1ccco1)NC(=O)c1ccc(C(F)(F)F)cc1. The lowest BCUT2D eigenvalue weighted by Gasteiger charge is -2.11. The maximum absolute atomic E-state index is 12.6. The van der Waals surface area contributed by atoms with E-state index in [1.54, 1.807) is 12.1 Å². The first kappa shape index (κ1) is 18.6. The van der Waals surface area contributed by atoms with Gasteiger partial charge in [0.1, 0.15) is 12.3 Å². The molecule has 1 aromatic heterocycles. The lowest BCUT2D eigenvalue weighted by molar-refractivity contribution is -0.137. The molecule has 5 nitrogen and oxygen atoms in total. The molecule has 2 rings (SSSR count). The standard InChI is InChI=1S/C17H17F3N2O3/c1-2-9-25-16(21-11-14-4-3-10-24-14)22-15(23)12-5-7-13(8-6-12)17(18,19)20/h3-8,10H,2,9,11H2,1H3,(H,21,22,23). The average molecular weight is 354 g/mol. The monoisotopic (exact) mass is 354 g/mol. The number of amides is 1. The summed E-state index contributed by atoms with van der Waals surface area (Å²) < 4.78 is 48.2. The van der Waals surface area contributed by atoms with Crippen LogP contribution in [0.25, 0.3) is 0 Å². The number of benzene rings is 1. The lowest BCUT2D eigenvalue weighted by Crippen LogP contribution is -2.33. The van der Waals surface area contributed by atoms with Crippen LogP contribution in [0.4, 0.5) is 13.2 Å². The highest BCUT2D eigenvalue weighted by molar-refractivity contribution is 6.04. The van der Waals surface area contributed by atoms with Crippen LogP contribution < -0.4 is 5.32 Å². The summed E-state index contributed by atoms with van der Waals surface area (Å²) in [6.45, 7) is 2.39. The Morgan fingerprint density at radius 1 is 1.24 bits per heavy atom. The van der Waals surface area contributed by atoms with E-state index in [-0.39, 0.29) is 18.1 Å². The predicted molar refractivity (Wildman–Crippen MR) is 85.0 cm³/mol. The molecule has 1 N–H and O–H groups in total. The van der Waals surface area contributed by atoms with Crippen molar-refractivity contribution in [3.63, 3.8) is 0 Å². The molecule has 0 aliphatic heterocycles. The number of carbonyl (C=O) groups is 1. The first-order valence-corrected chi connectivity index (χ1v) is 7.58. The highest BCUT2D eigenvalue weighted by Crippen LogP contribution is 2.29. The van der Waals surface area contributed by atoms with E-state index in [9.17, 15) is 18.0 Å². The molecule has 1 heterocycles. The third kappa shape index (κ3) is 5.66. The number of hydrogen-bond acceptors (Lipinski definition) is 4. The van der Waals surface area contributed by atoms with Crippen molar-refractivity contribution < 1.29 is 27.1 Å². The topological polar surface area (TPSA) is 63.8 Å². The smallest absolute Gasteiger partial charge is 0.416 e. The molecule has 0 atom stereocenters. The van der Waals surface area contributed by atoms with Crippen molar-refractivity contribution >= 4 is 11.9 Å². The lowest BCUT2D eigenvalue weighted by atomic mass is 10.1. The molecule has 0 aliphatic rings. The number of hydrogen-bond donors (Lipinski definition) is 1. The van der Waals surface area contributed by atoms with Crippen LogP contribution in [0, 0.1) is 0 Å². The van der Waals surface area contributed by atoms with Crippen LogP contribution in [0.2, 0.25) is 0 Å². The van der Waals surface area contributed by atoms with E-state index in [0.29, 0.717) is 18.8 Å². The minimum Gasteiger partial charge on any atom is -0.467 e. The van der Waals surface area contributed by atoms with Gasteiger partial charge in [-0.3, -0.25) is 10.1 Å². The normalized spacial score (nSPS) is 12.1. The molecule has 0 fully saturated rings. The maximum atomic E-state index is 12.6. The van der Waals surface area contributed by atoms with Gasteiger partial charge in [0, 0.05) is 5.56 Å². The van der Waals surface area contributed by atoms with Crippen LogP contribution in [0.3, 0.4) is 0 Å². The van der Waals surface area contributed by atoms with Crippen LogP contribution in [-0.2, 0) is 17.5 Å². The Morgan fingerprint density at radius 3 is 2.52 bits per heavy atom. The zero-order valence-electron chi connectivity index (χ0n) is 13.5. The van der Waals surface area contributed by atoms with Gasteiger partial charge in [-0.2, -0.15) is 13.2 Å². The fourth-order valence-electron chi connectivity index (χ4n) is 1.85. The number of alkyl halides is 3. The summed E-state index contributed by atoms with van der Waals surface area (Å²) in [5.41, 5.74) is -0.753. The molecule has 8 heteroatoms. The van der Waals surface area contributed by atoms with Crippen molar-refractivity contribution in [3.8, 4) is 0 Å². The van der Waals surface area contributed by atoms with E-state index in [1.807, 2.05) is 6.92 Å². The molecule has 0 saturated carbocycles. The molecule has 1 amide bonds. The summed E-state index contributed by atoms with van der Waals surface area (Å²) in [5, 5.41) is 2.45. The van der Waals surface area contributed by atoms with Gasteiger partial charge in [0.05, 0.1) is 18.4 Å². The number of nitrogens with zero attached hydrogens (tertiary/aromatic N) is 1. The zero-order chi connectivity index (χ0) is 18.3. The van der Waals surface area contributed by atoms with Gasteiger partial charge in [0.15, 0.2) is 0 Å². The zero-order valence-corrected chi connectivity index (χ0v) is 13.5. The minimum absolute atomic E-state index is 0.0110. The number of nitrogens with one attached hydrogen (secondary N) is 1. The van der Waals surface area contributed by atoms with Gasteiger partial charge in [-0.05, 0) is 42.8 Å². The van der Waals surface area contributed by atoms with E-state index in [4.69, 9.17) is 9.15 Å². The molecular weight excluding hydrogens is 337 g/mol. The number of aliphatic imine (C=N–C) groups is 1. The molecule has 25 heavy (non-hydrogen) atoms. The van der Waals surface area contributed by atoms with E-state index < -0.39 is 17.6 Å². The van der Waals surface area contributed by atoms with Crippen LogP contribution in [0.5, 0.6) is 0 Å². The van der Waals surface area contributed by atoms with Gasteiger partial charge in [0.25, 0.3) is 11.9 Å². The molecule has 0 spiro atoms. The van der Waals surface area contributed by atoms with E-state index in [1.165, 1.54) is 6.26 Å². The van der Waals surface area contributed by atoms with Crippen LogP contribution in [0.15, 0.2) is 52.1 Å². The Bertz CT molecular complexity index is 708. The molecule has 0 unspecified atom stereocenters. The average Bonchev–Trinajstić information content (AvgIpc) is 3.10. The van der Waals surface area contributed by atoms with Crippen molar-refractivity contribution in [2.24, 2.45) is 4.99 Å². The quantitative estimate of drug-likeness (QED) is 0.652. The van der Waals surface area contributed by atoms with E-state index in [2.05, 4.69) is 10.3 Å². The van der Waals surface area contributed by atoms with Crippen LogP contribution in [-0.4, -0.2) is 18.5 Å². The van der Waals surface area contributed by atoms with Gasteiger partial charge >= 0.3 is 6.18 Å². The number of halogens is 3. The molecule has 0 bridgehead atoms. The summed E-state index contributed by atoms with van der Waals surface area (Å²) >= 11 is 0. The second kappa shape index (κ2) is 8.36.